The van der Waals surface area contributed by atoms with Crippen LogP contribution >= 0.6 is 0 Å². The molecule has 16 nitrogen and oxygen atoms in total. The minimum absolute atomic E-state index is 0.0573. The van der Waals surface area contributed by atoms with Crippen LogP contribution in [0.4, 0.5) is 0 Å². The monoisotopic (exact) mass is 906 g/mol. The van der Waals surface area contributed by atoms with Gasteiger partial charge in [-0.15, -0.1) is 0 Å². The highest BCUT2D eigenvalue weighted by Crippen LogP contribution is 2.43. The number of carbonyl (C=O) groups excluding carboxylic acids is 3. The number of amides is 3. The molecule has 1 heterocycles. The second-order valence-corrected chi connectivity index (χ2v) is 19.6. The van der Waals surface area contributed by atoms with E-state index in [0.29, 0.717) is 41.7 Å². The number of aliphatic imine (C=N–C) groups is 1. The van der Waals surface area contributed by atoms with Crippen LogP contribution in [-0.4, -0.2) is 96.4 Å². The van der Waals surface area contributed by atoms with Gasteiger partial charge in [0.2, 0.25) is 23.7 Å². The topological polar surface area (TPSA) is 248 Å². The summed E-state index contributed by atoms with van der Waals surface area (Å²) in [4.78, 5) is 57.7. The van der Waals surface area contributed by atoms with E-state index in [1.807, 2.05) is 74.5 Å². The number of aliphatic hydroxyl groups excluding tert-OH is 1. The van der Waals surface area contributed by atoms with Crippen molar-refractivity contribution in [3.8, 4) is 5.75 Å². The SMILES string of the molecule is Cc1c(C)c(S(=O)(=O)NC(N)=NCCC[C@H](NC(=O)[C@H](NC(=O)[C@H](CCc2ccccc2)NC(=O)CCc2ccccc2)[C@@H](C)OC(C)(C)C)C(O)C(=O)O)c(C)c2c1OC(C)(C)C2. The molecule has 0 saturated heterocycles. The molecule has 1 aliphatic rings. The number of aliphatic hydroxyl groups is 1. The first-order valence-corrected chi connectivity index (χ1v) is 23.1. The van der Waals surface area contributed by atoms with Gasteiger partial charge in [-0.2, -0.15) is 0 Å². The molecule has 5 atom stereocenters. The molecule has 0 bridgehead atoms. The van der Waals surface area contributed by atoms with Crippen LogP contribution in [0.25, 0.3) is 0 Å². The van der Waals surface area contributed by atoms with Crippen LogP contribution in [0.5, 0.6) is 5.75 Å². The fourth-order valence-electron chi connectivity index (χ4n) is 7.80. The first-order chi connectivity index (χ1) is 29.9. The molecular formula is C47H66N6O10S. The smallest absolute Gasteiger partial charge is 0.334 e. The third-order valence-electron chi connectivity index (χ3n) is 11.0. The van der Waals surface area contributed by atoms with Crippen molar-refractivity contribution < 1.29 is 47.3 Å². The van der Waals surface area contributed by atoms with E-state index in [2.05, 4.69) is 25.7 Å². The van der Waals surface area contributed by atoms with Crippen LogP contribution in [0.1, 0.15) is 101 Å². The van der Waals surface area contributed by atoms with Gasteiger partial charge in [-0.05, 0) is 122 Å². The van der Waals surface area contributed by atoms with E-state index in [1.165, 1.54) is 0 Å². The Labute approximate surface area is 377 Å². The molecule has 1 aliphatic heterocycles. The van der Waals surface area contributed by atoms with Crippen LogP contribution in [0.15, 0.2) is 70.6 Å². The van der Waals surface area contributed by atoms with E-state index in [0.717, 1.165) is 16.7 Å². The molecular weight excluding hydrogens is 841 g/mol. The first kappa shape index (κ1) is 51.1. The van der Waals surface area contributed by atoms with Gasteiger partial charge in [0.25, 0.3) is 10.0 Å². The molecule has 17 heteroatoms. The number of hydrogen-bond acceptors (Lipinski definition) is 10. The summed E-state index contributed by atoms with van der Waals surface area (Å²) in [6, 6.07) is 15.0. The Morgan fingerprint density at radius 2 is 1.47 bits per heavy atom. The van der Waals surface area contributed by atoms with Gasteiger partial charge in [-0.25, -0.2) is 17.9 Å². The standard InChI is InChI=1S/C47H66N6O10S/c1-28-29(2)41(30(3)34-27-47(8,9)63-40(28)34)64(60,61)53-45(48)49-26-16-21-35(39(55)44(58)59)51-43(57)38(31(4)62-46(5,6)7)52-42(56)36(24-22-32-17-12-10-13-18-32)50-37(54)25-23-33-19-14-11-15-20-33/h10-15,17-20,31,35-36,38-39,55H,16,21-27H2,1-9H3,(H,50,54)(H,51,57)(H,52,56)(H,58,59)(H3,48,49,53)/t31-,35+,36+,38-,39?/m1/s1. The number of nitrogens with zero attached hydrogens (tertiary/aromatic N) is 1. The highest BCUT2D eigenvalue weighted by Gasteiger charge is 2.38. The van der Waals surface area contributed by atoms with E-state index in [-0.39, 0.29) is 43.0 Å². The van der Waals surface area contributed by atoms with Crippen molar-refractivity contribution in [2.24, 2.45) is 10.7 Å². The van der Waals surface area contributed by atoms with Crippen LogP contribution in [-0.2, 0) is 53.2 Å². The van der Waals surface area contributed by atoms with Crippen molar-refractivity contribution in [3.05, 3.63) is 94.0 Å². The lowest BCUT2D eigenvalue weighted by atomic mass is 9.94. The maximum atomic E-state index is 14.1. The molecule has 0 radical (unpaired) electrons. The number of fused-ring (bicyclic) bond motifs is 1. The van der Waals surface area contributed by atoms with E-state index >= 15 is 0 Å². The summed E-state index contributed by atoms with van der Waals surface area (Å²) in [6.07, 6.45) is -1.37. The number of rotatable bonds is 21. The third kappa shape index (κ3) is 14.5. The number of guanidine groups is 1. The number of benzene rings is 3. The lowest BCUT2D eigenvalue weighted by molar-refractivity contribution is -0.149. The van der Waals surface area contributed by atoms with Gasteiger partial charge in [0.15, 0.2) is 6.10 Å². The van der Waals surface area contributed by atoms with Crippen LogP contribution < -0.4 is 31.1 Å². The number of sulfonamides is 1. The number of carbonyl (C=O) groups is 4. The van der Waals surface area contributed by atoms with Crippen molar-refractivity contribution >= 4 is 39.7 Å². The van der Waals surface area contributed by atoms with Gasteiger partial charge in [0.05, 0.1) is 22.6 Å². The summed E-state index contributed by atoms with van der Waals surface area (Å²) in [5, 5.41) is 28.7. The average molecular weight is 907 g/mol. The molecule has 0 aliphatic carbocycles. The first-order valence-electron chi connectivity index (χ1n) is 21.6. The summed E-state index contributed by atoms with van der Waals surface area (Å²) >= 11 is 0. The van der Waals surface area contributed by atoms with Gasteiger partial charge in [0.1, 0.15) is 23.4 Å². The Hall–Kier alpha value is -5.52. The zero-order valence-electron chi connectivity index (χ0n) is 38.4. The molecule has 1 unspecified atom stereocenters. The van der Waals surface area contributed by atoms with Crippen LogP contribution in [0.3, 0.4) is 0 Å². The maximum Gasteiger partial charge on any atom is 0.334 e. The molecule has 4 rings (SSSR count). The van der Waals surface area contributed by atoms with Crippen LogP contribution in [0.2, 0.25) is 0 Å². The normalized spacial score (nSPS) is 16.0. The van der Waals surface area contributed by atoms with Gasteiger partial charge in [-0.3, -0.25) is 19.4 Å². The molecule has 350 valence electrons. The van der Waals surface area contributed by atoms with Crippen molar-refractivity contribution in [1.29, 1.82) is 0 Å². The minimum Gasteiger partial charge on any atom is -0.487 e. The van der Waals surface area contributed by atoms with Gasteiger partial charge in [-0.1, -0.05) is 60.7 Å². The second-order valence-electron chi connectivity index (χ2n) is 18.0. The number of carboxylic acids is 1. The zero-order valence-corrected chi connectivity index (χ0v) is 39.2. The summed E-state index contributed by atoms with van der Waals surface area (Å²) < 4.78 is 41.9. The second kappa shape index (κ2) is 21.9. The van der Waals surface area contributed by atoms with E-state index in [1.54, 1.807) is 48.5 Å². The average Bonchev–Trinajstić information content (AvgIpc) is 3.55. The Kier molecular flexibility index (Phi) is 17.5. The number of aliphatic carboxylic acids is 1. The molecule has 3 amide bonds. The fourth-order valence-corrected chi connectivity index (χ4v) is 9.33. The molecule has 0 fully saturated rings. The van der Waals surface area contributed by atoms with Crippen molar-refractivity contribution in [2.75, 3.05) is 6.54 Å². The summed E-state index contributed by atoms with van der Waals surface area (Å²) in [6.45, 7) is 15.9. The molecule has 0 spiro atoms. The summed E-state index contributed by atoms with van der Waals surface area (Å²) in [5.74, 6) is -3.19. The Morgan fingerprint density at radius 1 is 0.875 bits per heavy atom. The molecule has 0 saturated carbocycles. The van der Waals surface area contributed by atoms with Crippen molar-refractivity contribution in [3.63, 3.8) is 0 Å². The Bertz CT molecular complexity index is 2260. The molecule has 3 aromatic rings. The van der Waals surface area contributed by atoms with E-state index in [4.69, 9.17) is 15.2 Å². The van der Waals surface area contributed by atoms with Crippen molar-refractivity contribution in [1.82, 2.24) is 20.7 Å². The fraction of sp³-hybridized carbons (Fsp3) is 0.511. The highest BCUT2D eigenvalue weighted by atomic mass is 32.2. The molecule has 64 heavy (non-hydrogen) atoms. The number of hydrogen-bond donors (Lipinski definition) is 7. The van der Waals surface area contributed by atoms with Gasteiger partial charge < -0.3 is 41.4 Å². The zero-order chi connectivity index (χ0) is 47.6. The molecule has 0 aromatic heterocycles. The summed E-state index contributed by atoms with van der Waals surface area (Å²) in [5.41, 5.74) is 9.26. The number of carboxylic acid groups (broad SMARTS) is 1. The van der Waals surface area contributed by atoms with E-state index < -0.39 is 75.3 Å². The maximum absolute atomic E-state index is 14.1. The lowest BCUT2D eigenvalue weighted by Crippen LogP contribution is -2.60. The number of nitrogens with two attached hydrogens (primary N) is 1. The quantitative estimate of drug-likeness (QED) is 0.0456. The van der Waals surface area contributed by atoms with Crippen molar-refractivity contribution in [2.45, 2.75) is 154 Å². The van der Waals surface area contributed by atoms with E-state index in [9.17, 15) is 37.8 Å². The predicted molar refractivity (Wildman–Crippen MR) is 244 cm³/mol. The summed E-state index contributed by atoms with van der Waals surface area (Å²) in [7, 11) is -4.19. The third-order valence-corrected chi connectivity index (χ3v) is 12.6. The van der Waals surface area contributed by atoms with Gasteiger partial charge >= 0.3 is 5.97 Å². The Balaban J connectivity index is 1.49. The Morgan fingerprint density at radius 3 is 2.05 bits per heavy atom. The predicted octanol–water partition coefficient (Wildman–Crippen LogP) is 4.07. The molecule has 8 N–H and O–H groups in total. The van der Waals surface area contributed by atoms with Crippen LogP contribution in [0, 0.1) is 20.8 Å². The molecule has 3 aromatic carbocycles. The number of aryl methyl sites for hydroxylation is 2. The lowest BCUT2D eigenvalue weighted by Gasteiger charge is -2.33. The van der Waals surface area contributed by atoms with Gasteiger partial charge in [0, 0.05) is 24.9 Å². The number of ether oxygens (including phenoxy) is 2. The minimum atomic E-state index is -4.19. The highest BCUT2D eigenvalue weighted by molar-refractivity contribution is 7.90. The largest absolute Gasteiger partial charge is 0.487 e. The number of nitrogens with one attached hydrogen (secondary N) is 4.